The Bertz CT molecular complexity index is 1250. The molecule has 196 valence electrons. The van der Waals surface area contributed by atoms with E-state index in [1.807, 2.05) is 6.92 Å². The van der Waals surface area contributed by atoms with Gasteiger partial charge in [0, 0.05) is 17.0 Å². The van der Waals surface area contributed by atoms with E-state index in [0.29, 0.717) is 29.0 Å². The van der Waals surface area contributed by atoms with Crippen molar-refractivity contribution in [2.75, 3.05) is 10.6 Å². The van der Waals surface area contributed by atoms with Gasteiger partial charge in [-0.2, -0.15) is 13.2 Å². The van der Waals surface area contributed by atoms with Crippen molar-refractivity contribution in [1.82, 2.24) is 0 Å². The Hall–Kier alpha value is -3.54. The zero-order valence-corrected chi connectivity index (χ0v) is 19.9. The van der Waals surface area contributed by atoms with E-state index in [1.54, 1.807) is 47.8 Å². The molecule has 2 N–H and O–H groups in total. The Morgan fingerprint density at radius 2 is 1.41 bits per heavy atom. The van der Waals surface area contributed by atoms with Gasteiger partial charge in [0.05, 0.1) is 0 Å². The summed E-state index contributed by atoms with van der Waals surface area (Å²) in [5.74, 6) is -11.5. The first-order valence-corrected chi connectivity index (χ1v) is 11.7. The first-order valence-electron chi connectivity index (χ1n) is 10.8. The smallest absolute Gasteiger partial charge is 0.326 e. The molecule has 0 saturated heterocycles. The van der Waals surface area contributed by atoms with Crippen molar-refractivity contribution in [1.29, 1.82) is 0 Å². The van der Waals surface area contributed by atoms with Crippen molar-refractivity contribution in [2.45, 2.75) is 36.1 Å². The van der Waals surface area contributed by atoms with Crippen LogP contribution >= 0.6 is 11.8 Å². The van der Waals surface area contributed by atoms with Crippen LogP contribution in [0.25, 0.3) is 0 Å². The summed E-state index contributed by atoms with van der Waals surface area (Å²) in [6, 6.07) is 14.1. The van der Waals surface area contributed by atoms with Crippen LogP contribution in [0.3, 0.4) is 0 Å². The highest BCUT2D eigenvalue weighted by molar-refractivity contribution is 8.00. The average Bonchev–Trinajstić information content (AvgIpc) is 2.84. The lowest BCUT2D eigenvalue weighted by Crippen LogP contribution is -2.23. The second-order valence-corrected chi connectivity index (χ2v) is 8.90. The molecule has 0 saturated carbocycles. The van der Waals surface area contributed by atoms with Gasteiger partial charge in [0.25, 0.3) is 0 Å². The molecule has 0 radical (unpaired) electrons. The third-order valence-electron chi connectivity index (χ3n) is 5.00. The number of anilines is 2. The first-order chi connectivity index (χ1) is 17.4. The fourth-order valence-corrected chi connectivity index (χ4v) is 4.31. The van der Waals surface area contributed by atoms with Gasteiger partial charge >= 0.3 is 6.18 Å². The molecule has 0 fully saturated rings. The predicted molar refractivity (Wildman–Crippen MR) is 125 cm³/mol. The first kappa shape index (κ1) is 28.0. The molecule has 3 aromatic carbocycles. The zero-order valence-electron chi connectivity index (χ0n) is 19.1. The lowest BCUT2D eigenvalue weighted by molar-refractivity contribution is -0.143. The number of hydrogen-bond acceptors (Lipinski definition) is 3. The van der Waals surface area contributed by atoms with Gasteiger partial charge in [0.15, 0.2) is 23.3 Å². The van der Waals surface area contributed by atoms with E-state index < -0.39 is 51.9 Å². The minimum absolute atomic E-state index is 0.190. The molecule has 0 spiro atoms. The van der Waals surface area contributed by atoms with Crippen molar-refractivity contribution >= 4 is 35.0 Å². The lowest BCUT2D eigenvalue weighted by Gasteiger charge is -2.19. The Morgan fingerprint density at radius 1 is 0.838 bits per heavy atom. The number of hydrogen-bond donors (Lipinski definition) is 2. The van der Waals surface area contributed by atoms with Crippen LogP contribution in [0.1, 0.15) is 36.1 Å². The van der Waals surface area contributed by atoms with Crippen LogP contribution in [-0.2, 0) is 15.8 Å². The van der Waals surface area contributed by atoms with Crippen molar-refractivity contribution < 1.29 is 40.3 Å². The molecule has 1 unspecified atom stereocenters. The topological polar surface area (TPSA) is 58.2 Å². The fourth-order valence-electron chi connectivity index (χ4n) is 3.28. The van der Waals surface area contributed by atoms with Gasteiger partial charge in [-0.3, -0.25) is 9.59 Å². The second kappa shape index (κ2) is 11.7. The molecular weight excluding hydrogens is 525 g/mol. The summed E-state index contributed by atoms with van der Waals surface area (Å²) >= 11 is 0.897. The molecule has 0 aromatic heterocycles. The number of benzene rings is 3. The van der Waals surface area contributed by atoms with Gasteiger partial charge in [0.1, 0.15) is 16.5 Å². The van der Waals surface area contributed by atoms with Crippen molar-refractivity contribution in [3.63, 3.8) is 0 Å². The Balaban J connectivity index is 1.91. The molecule has 37 heavy (non-hydrogen) atoms. The number of amides is 2. The van der Waals surface area contributed by atoms with Gasteiger partial charge in [-0.15, -0.1) is 11.8 Å². The van der Waals surface area contributed by atoms with E-state index in [2.05, 4.69) is 5.32 Å². The van der Waals surface area contributed by atoms with Gasteiger partial charge in [-0.25, -0.2) is 17.6 Å². The number of halogens is 7. The van der Waals surface area contributed by atoms with Crippen LogP contribution in [0.5, 0.6) is 0 Å². The maximum Gasteiger partial charge on any atom is 0.422 e. The highest BCUT2D eigenvalue weighted by atomic mass is 32.2. The molecule has 0 aliphatic carbocycles. The quantitative estimate of drug-likeness (QED) is 0.176. The van der Waals surface area contributed by atoms with E-state index in [4.69, 9.17) is 0 Å². The maximum atomic E-state index is 14.4. The summed E-state index contributed by atoms with van der Waals surface area (Å²) in [5.41, 5.74) is -3.59. The van der Waals surface area contributed by atoms with E-state index >= 15 is 0 Å². The molecule has 4 nitrogen and oxygen atoms in total. The number of thioether (sulfide) groups is 1. The van der Waals surface area contributed by atoms with Crippen LogP contribution in [0.2, 0.25) is 0 Å². The predicted octanol–water partition coefficient (Wildman–Crippen LogP) is 7.47. The number of rotatable bonds is 8. The third kappa shape index (κ3) is 6.62. The molecular formula is C25H19F7N2O2S. The monoisotopic (exact) mass is 544 g/mol. The van der Waals surface area contributed by atoms with Gasteiger partial charge in [0.2, 0.25) is 11.8 Å². The third-order valence-corrected chi connectivity index (χ3v) is 6.27. The summed E-state index contributed by atoms with van der Waals surface area (Å²) in [4.78, 5) is 25.3. The number of nitrogens with one attached hydrogen (secondary N) is 2. The molecule has 0 aliphatic heterocycles. The molecule has 1 atom stereocenters. The highest BCUT2D eigenvalue weighted by Gasteiger charge is 2.42. The van der Waals surface area contributed by atoms with E-state index in [1.165, 1.54) is 12.1 Å². The fraction of sp³-hybridized carbons (Fsp3) is 0.200. The summed E-state index contributed by atoms with van der Waals surface area (Å²) < 4.78 is 95.3. The van der Waals surface area contributed by atoms with E-state index in [9.17, 15) is 40.3 Å². The largest absolute Gasteiger partial charge is 0.422 e. The van der Waals surface area contributed by atoms with Crippen molar-refractivity contribution in [3.8, 4) is 0 Å². The SMILES string of the molecule is CCCC(=O)Nc1ccc(SC(C(=O)Nc2c(F)c(F)c(C(F)(F)F)c(F)c2F)c2ccccc2)cc1. The Labute approximate surface area is 211 Å². The molecule has 3 aromatic rings. The second-order valence-electron chi connectivity index (χ2n) is 7.72. The molecule has 0 bridgehead atoms. The van der Waals surface area contributed by atoms with Gasteiger partial charge in [-0.05, 0) is 36.2 Å². The number of carbonyl (C=O) groups is 2. The number of alkyl halides is 3. The van der Waals surface area contributed by atoms with E-state index in [-0.39, 0.29) is 5.91 Å². The lowest BCUT2D eigenvalue weighted by atomic mass is 10.1. The molecule has 2 amide bonds. The number of carbonyl (C=O) groups excluding carboxylic acids is 2. The molecule has 0 heterocycles. The average molecular weight is 544 g/mol. The zero-order chi connectivity index (χ0) is 27.3. The van der Waals surface area contributed by atoms with Crippen molar-refractivity contribution in [2.24, 2.45) is 0 Å². The summed E-state index contributed by atoms with van der Waals surface area (Å²) in [7, 11) is 0. The minimum Gasteiger partial charge on any atom is -0.326 e. The van der Waals surface area contributed by atoms with Crippen LogP contribution in [0, 0.1) is 23.3 Å². The van der Waals surface area contributed by atoms with E-state index in [0.717, 1.165) is 11.8 Å². The summed E-state index contributed by atoms with van der Waals surface area (Å²) in [5, 5.41) is 3.15. The van der Waals surface area contributed by atoms with Crippen LogP contribution in [-0.4, -0.2) is 11.8 Å². The molecule has 3 rings (SSSR count). The summed E-state index contributed by atoms with van der Waals surface area (Å²) in [6.45, 7) is 1.85. The standard InChI is InChI=1S/C25H19F7N2O2S/c1-2-6-16(35)33-14-9-11-15(12-10-14)37-23(13-7-4-3-5-8-13)24(36)34-22-20(28)18(26)17(25(30,31)32)19(27)21(22)29/h3-5,7-12,23H,2,6H2,1H3,(H,33,35)(H,34,36). The minimum atomic E-state index is -5.71. The summed E-state index contributed by atoms with van der Waals surface area (Å²) in [6.07, 6.45) is -4.73. The van der Waals surface area contributed by atoms with Gasteiger partial charge < -0.3 is 10.6 Å². The Morgan fingerprint density at radius 3 is 1.92 bits per heavy atom. The normalized spacial score (nSPS) is 12.2. The molecule has 0 aliphatic rings. The Kier molecular flexibility index (Phi) is 8.85. The van der Waals surface area contributed by atoms with Crippen LogP contribution < -0.4 is 10.6 Å². The maximum absolute atomic E-state index is 14.4. The highest BCUT2D eigenvalue weighted by Crippen LogP contribution is 2.40. The van der Waals surface area contributed by atoms with Crippen LogP contribution in [0.15, 0.2) is 59.5 Å². The van der Waals surface area contributed by atoms with Crippen molar-refractivity contribution in [3.05, 3.63) is 89.0 Å². The van der Waals surface area contributed by atoms with Crippen LogP contribution in [0.4, 0.5) is 42.1 Å². The van der Waals surface area contributed by atoms with Gasteiger partial charge in [-0.1, -0.05) is 37.3 Å². The molecule has 12 heteroatoms.